The minimum atomic E-state index is -0.425. The molecule has 0 saturated heterocycles. The van der Waals surface area contributed by atoms with Gasteiger partial charge in [0.2, 0.25) is 0 Å². The van der Waals surface area contributed by atoms with Gasteiger partial charge in [0.05, 0.1) is 29.7 Å². The van der Waals surface area contributed by atoms with Gasteiger partial charge in [0.15, 0.2) is 0 Å². The molecule has 0 radical (unpaired) electrons. The number of carboxylic acid groups (broad SMARTS) is 1. The molecule has 0 atom stereocenters. The first kappa shape index (κ1) is 24.2. The molecule has 3 N–H and O–H groups in total. The van der Waals surface area contributed by atoms with Crippen LogP contribution in [0.2, 0.25) is 0 Å². The highest BCUT2D eigenvalue weighted by atomic mass is 32.1. The molecule has 4 aromatic heterocycles. The number of nitrogens with zero attached hydrogens (tertiary/aromatic N) is 5. The number of carbonyl (C=O) groups excluding carboxylic acids is 1. The number of anilines is 1. The van der Waals surface area contributed by atoms with Gasteiger partial charge in [-0.2, -0.15) is 10.2 Å². The first-order chi connectivity index (χ1) is 17.0. The number of hydrogen-bond donors (Lipinski definition) is 3. The number of pyridine rings is 1. The Balaban J connectivity index is 0.000000917. The maximum Gasteiger partial charge on any atom is 0.290 e. The van der Waals surface area contributed by atoms with Gasteiger partial charge >= 0.3 is 0 Å². The zero-order chi connectivity index (χ0) is 24.8. The second kappa shape index (κ2) is 11.0. The van der Waals surface area contributed by atoms with E-state index in [2.05, 4.69) is 30.6 Å². The van der Waals surface area contributed by atoms with Crippen LogP contribution in [-0.2, 0) is 9.53 Å². The third-order valence-electron chi connectivity index (χ3n) is 5.27. The molecule has 4 aromatic rings. The Kier molecular flexibility index (Phi) is 7.57. The van der Waals surface area contributed by atoms with Crippen molar-refractivity contribution in [3.8, 4) is 22.0 Å². The van der Waals surface area contributed by atoms with Crippen molar-refractivity contribution < 1.29 is 23.8 Å². The van der Waals surface area contributed by atoms with Gasteiger partial charge in [-0.1, -0.05) is 0 Å². The largest absolute Gasteiger partial charge is 0.483 e. The van der Waals surface area contributed by atoms with Crippen LogP contribution in [0.15, 0.2) is 42.3 Å². The summed E-state index contributed by atoms with van der Waals surface area (Å²) >= 11 is 1.35. The first-order valence-electron chi connectivity index (χ1n) is 10.7. The lowest BCUT2D eigenvalue weighted by molar-refractivity contribution is -0.122. The lowest BCUT2D eigenvalue weighted by Gasteiger charge is -2.34. The van der Waals surface area contributed by atoms with Crippen LogP contribution in [0.25, 0.3) is 22.0 Å². The summed E-state index contributed by atoms with van der Waals surface area (Å²) in [6.45, 7) is 2.39. The van der Waals surface area contributed by atoms with Gasteiger partial charge in [-0.25, -0.2) is 9.37 Å². The molecule has 1 amide bonds. The molecule has 0 aromatic carbocycles. The molecule has 5 rings (SSSR count). The number of hydrogen-bond acceptors (Lipinski definition) is 8. The Morgan fingerprint density at radius 1 is 1.46 bits per heavy atom. The molecule has 182 valence electrons. The molecule has 1 fully saturated rings. The van der Waals surface area contributed by atoms with Crippen LogP contribution in [0.3, 0.4) is 0 Å². The zero-order valence-corrected chi connectivity index (χ0v) is 19.4. The van der Waals surface area contributed by atoms with E-state index in [-0.39, 0.29) is 30.2 Å². The van der Waals surface area contributed by atoms with Gasteiger partial charge in [0.25, 0.3) is 12.4 Å². The van der Waals surface area contributed by atoms with Gasteiger partial charge in [0.1, 0.15) is 22.2 Å². The number of amides is 1. The Bertz CT molecular complexity index is 1280. The number of aromatic nitrogens is 6. The van der Waals surface area contributed by atoms with Crippen molar-refractivity contribution in [2.24, 2.45) is 0 Å². The first-order valence-corrected chi connectivity index (χ1v) is 11.6. The average Bonchev–Trinajstić information content (AvgIpc) is 3.57. The normalized spacial score (nSPS) is 16.6. The SMILES string of the molecule is CCOC1CC(n2cc(NC(=O)c3csc(-c4cn[nH]c4)n3)c(-c3cc(F)ccn3)n2)C1.O=CO. The quantitative estimate of drug-likeness (QED) is 0.327. The number of thiazole rings is 1. The predicted molar refractivity (Wildman–Crippen MR) is 125 cm³/mol. The molecule has 0 unspecified atom stereocenters. The second-order valence-electron chi connectivity index (χ2n) is 7.52. The van der Waals surface area contributed by atoms with Crippen molar-refractivity contribution >= 4 is 29.4 Å². The van der Waals surface area contributed by atoms with Crippen LogP contribution >= 0.6 is 11.3 Å². The summed E-state index contributed by atoms with van der Waals surface area (Å²) in [6, 6.07) is 2.71. The predicted octanol–water partition coefficient (Wildman–Crippen LogP) is 3.62. The van der Waals surface area contributed by atoms with Crippen LogP contribution in [-0.4, -0.2) is 60.1 Å². The highest BCUT2D eigenvalue weighted by molar-refractivity contribution is 7.13. The number of halogens is 1. The number of rotatable bonds is 7. The van der Waals surface area contributed by atoms with E-state index >= 15 is 0 Å². The lowest BCUT2D eigenvalue weighted by atomic mass is 9.89. The van der Waals surface area contributed by atoms with Gasteiger partial charge in [0, 0.05) is 42.2 Å². The summed E-state index contributed by atoms with van der Waals surface area (Å²) in [4.78, 5) is 29.9. The summed E-state index contributed by atoms with van der Waals surface area (Å²) in [5.41, 5.74) is 2.28. The van der Waals surface area contributed by atoms with Crippen molar-refractivity contribution in [3.63, 3.8) is 0 Å². The summed E-state index contributed by atoms with van der Waals surface area (Å²) < 4.78 is 21.3. The van der Waals surface area contributed by atoms with Gasteiger partial charge in [-0.15, -0.1) is 11.3 Å². The van der Waals surface area contributed by atoms with Crippen molar-refractivity contribution in [2.45, 2.75) is 31.9 Å². The summed E-state index contributed by atoms with van der Waals surface area (Å²) in [7, 11) is 0. The molecular formula is C22H22FN7O4S. The maximum absolute atomic E-state index is 13.8. The highest BCUT2D eigenvalue weighted by Crippen LogP contribution is 2.37. The van der Waals surface area contributed by atoms with Crippen LogP contribution in [0.5, 0.6) is 0 Å². The van der Waals surface area contributed by atoms with Crippen molar-refractivity contribution in [1.82, 2.24) is 29.9 Å². The summed E-state index contributed by atoms with van der Waals surface area (Å²) in [6.07, 6.45) is 8.37. The lowest BCUT2D eigenvalue weighted by Crippen LogP contribution is -2.33. The Morgan fingerprint density at radius 3 is 2.94 bits per heavy atom. The van der Waals surface area contributed by atoms with E-state index in [0.29, 0.717) is 28.7 Å². The third kappa shape index (κ3) is 5.58. The minimum Gasteiger partial charge on any atom is -0.483 e. The average molecular weight is 500 g/mol. The Morgan fingerprint density at radius 2 is 2.26 bits per heavy atom. The number of aromatic amines is 1. The van der Waals surface area contributed by atoms with Crippen molar-refractivity contribution in [2.75, 3.05) is 11.9 Å². The van der Waals surface area contributed by atoms with Gasteiger partial charge in [-0.3, -0.25) is 24.4 Å². The number of ether oxygens (including phenoxy) is 1. The summed E-state index contributed by atoms with van der Waals surface area (Å²) in [5.74, 6) is -0.805. The Labute approximate surface area is 203 Å². The van der Waals surface area contributed by atoms with E-state index in [1.807, 2.05) is 6.92 Å². The summed E-state index contributed by atoms with van der Waals surface area (Å²) in [5, 5.41) is 23.4. The third-order valence-corrected chi connectivity index (χ3v) is 6.16. The van der Waals surface area contributed by atoms with E-state index < -0.39 is 5.82 Å². The number of carbonyl (C=O) groups is 2. The smallest absolute Gasteiger partial charge is 0.290 e. The van der Waals surface area contributed by atoms with Crippen LogP contribution < -0.4 is 5.32 Å². The maximum atomic E-state index is 13.8. The monoisotopic (exact) mass is 499 g/mol. The molecule has 1 aliphatic carbocycles. The fraction of sp³-hybridized carbons (Fsp3) is 0.273. The molecule has 0 spiro atoms. The van der Waals surface area contributed by atoms with Crippen LogP contribution in [0, 0.1) is 5.82 Å². The zero-order valence-electron chi connectivity index (χ0n) is 18.6. The molecule has 0 aliphatic heterocycles. The molecule has 35 heavy (non-hydrogen) atoms. The molecule has 11 nitrogen and oxygen atoms in total. The van der Waals surface area contributed by atoms with E-state index in [1.165, 1.54) is 29.7 Å². The van der Waals surface area contributed by atoms with E-state index in [1.54, 1.807) is 28.7 Å². The highest BCUT2D eigenvalue weighted by Gasteiger charge is 2.32. The number of nitrogens with one attached hydrogen (secondary N) is 2. The molecule has 1 aliphatic rings. The molecule has 1 saturated carbocycles. The van der Waals surface area contributed by atoms with E-state index in [0.717, 1.165) is 18.4 Å². The topological polar surface area (TPSA) is 148 Å². The van der Waals surface area contributed by atoms with Crippen LogP contribution in [0.4, 0.5) is 10.1 Å². The number of H-pyrrole nitrogens is 1. The molecular weight excluding hydrogens is 477 g/mol. The minimum absolute atomic E-state index is 0.150. The molecule has 4 heterocycles. The van der Waals surface area contributed by atoms with E-state index in [4.69, 9.17) is 14.6 Å². The van der Waals surface area contributed by atoms with Gasteiger partial charge in [-0.05, 0) is 25.8 Å². The Hall–Kier alpha value is -3.97. The molecule has 13 heteroatoms. The second-order valence-corrected chi connectivity index (χ2v) is 8.38. The molecule has 0 bridgehead atoms. The van der Waals surface area contributed by atoms with Crippen LogP contribution in [0.1, 0.15) is 36.3 Å². The fourth-order valence-corrected chi connectivity index (χ4v) is 4.37. The standard InChI is InChI=1S/C21H20FN7O2S.CH2O2/c1-2-31-15-6-14(7-15)29-10-17(19(28-29)16-5-13(22)3-4-23-16)26-20(30)18-11-32-21(27-18)12-8-24-25-9-12;2-1-3/h3-5,8-11,14-15H,2,6-7H2,1H3,(H,24,25)(H,26,30);1H,(H,2,3). The fourth-order valence-electron chi connectivity index (χ4n) is 3.58. The van der Waals surface area contributed by atoms with Crippen molar-refractivity contribution in [1.29, 1.82) is 0 Å². The van der Waals surface area contributed by atoms with E-state index in [9.17, 15) is 9.18 Å². The van der Waals surface area contributed by atoms with Crippen molar-refractivity contribution in [3.05, 3.63) is 53.8 Å². The van der Waals surface area contributed by atoms with Gasteiger partial charge < -0.3 is 15.2 Å².